The van der Waals surface area contributed by atoms with Crippen molar-refractivity contribution in [2.75, 3.05) is 37.1 Å². The fourth-order valence-electron chi connectivity index (χ4n) is 2.04. The Balaban J connectivity index is 1.95. The smallest absolute Gasteiger partial charge is 0.160 e. The van der Waals surface area contributed by atoms with Gasteiger partial charge in [0, 0.05) is 20.2 Å². The Kier molecular flexibility index (Phi) is 4.11. The molecule has 0 amide bonds. The normalized spacial score (nSPS) is 20.0. The third kappa shape index (κ3) is 3.28. The van der Waals surface area contributed by atoms with Crippen LogP contribution in [0.2, 0.25) is 0 Å². The van der Waals surface area contributed by atoms with E-state index in [1.807, 2.05) is 7.05 Å². The van der Waals surface area contributed by atoms with Crippen LogP contribution in [0.1, 0.15) is 12.8 Å². The van der Waals surface area contributed by atoms with E-state index in [2.05, 4.69) is 20.3 Å². The van der Waals surface area contributed by atoms with Gasteiger partial charge >= 0.3 is 0 Å². The summed E-state index contributed by atoms with van der Waals surface area (Å²) in [5.74, 6) is 7.29. The molecule has 6 heteroatoms. The van der Waals surface area contributed by atoms with E-state index in [0.717, 1.165) is 32.0 Å². The third-order valence-corrected chi connectivity index (χ3v) is 2.95. The van der Waals surface area contributed by atoms with Gasteiger partial charge in [0.25, 0.3) is 0 Å². The molecule has 0 bridgehead atoms. The van der Waals surface area contributed by atoms with Gasteiger partial charge in [-0.2, -0.15) is 0 Å². The molecule has 1 aromatic heterocycles. The Morgan fingerprint density at radius 2 is 2.47 bits per heavy atom. The summed E-state index contributed by atoms with van der Waals surface area (Å²) in [6.07, 6.45) is 5.70. The average molecular weight is 237 g/mol. The quantitative estimate of drug-likeness (QED) is 0.590. The van der Waals surface area contributed by atoms with Gasteiger partial charge < -0.3 is 15.1 Å². The first-order valence-electron chi connectivity index (χ1n) is 5.87. The second kappa shape index (κ2) is 5.79. The highest BCUT2D eigenvalue weighted by Crippen LogP contribution is 2.17. The molecule has 1 atom stereocenters. The molecule has 0 saturated carbocycles. The van der Waals surface area contributed by atoms with Gasteiger partial charge in [0.2, 0.25) is 0 Å². The summed E-state index contributed by atoms with van der Waals surface area (Å²) in [4.78, 5) is 10.5. The Hall–Kier alpha value is -1.40. The zero-order chi connectivity index (χ0) is 12.1. The maximum Gasteiger partial charge on any atom is 0.160 e. The maximum atomic E-state index is 5.47. The fourth-order valence-corrected chi connectivity index (χ4v) is 2.04. The van der Waals surface area contributed by atoms with Crippen LogP contribution in [0.5, 0.6) is 0 Å². The van der Waals surface area contributed by atoms with Gasteiger partial charge in [-0.1, -0.05) is 0 Å². The lowest BCUT2D eigenvalue weighted by Gasteiger charge is -2.27. The van der Waals surface area contributed by atoms with Crippen molar-refractivity contribution in [2.24, 2.45) is 11.8 Å². The van der Waals surface area contributed by atoms with E-state index in [4.69, 9.17) is 10.6 Å². The van der Waals surface area contributed by atoms with Gasteiger partial charge in [-0.15, -0.1) is 0 Å². The van der Waals surface area contributed by atoms with E-state index in [1.54, 1.807) is 12.4 Å². The van der Waals surface area contributed by atoms with E-state index in [1.165, 1.54) is 6.42 Å². The number of aromatic nitrogens is 2. The van der Waals surface area contributed by atoms with Gasteiger partial charge in [-0.25, -0.2) is 10.8 Å². The predicted octanol–water partition coefficient (Wildman–Crippen LogP) is 0.625. The number of nitrogens with zero attached hydrogens (tertiary/aromatic N) is 3. The molecule has 1 unspecified atom stereocenters. The topological polar surface area (TPSA) is 76.3 Å². The largest absolute Gasteiger partial charge is 0.381 e. The standard InChI is InChI=1S/C11H19N5O/c1-16(7-9-3-2-4-17-8-9)11-6-13-5-10(14-11)15-12/h5-6,9H,2-4,7-8,12H2,1H3,(H,14,15). The van der Waals surface area contributed by atoms with E-state index in [9.17, 15) is 0 Å². The lowest BCUT2D eigenvalue weighted by molar-refractivity contribution is 0.0576. The second-order valence-electron chi connectivity index (χ2n) is 4.37. The lowest BCUT2D eigenvalue weighted by Crippen LogP contribution is -2.31. The molecule has 3 N–H and O–H groups in total. The lowest BCUT2D eigenvalue weighted by atomic mass is 10.0. The van der Waals surface area contributed by atoms with Crippen molar-refractivity contribution in [1.82, 2.24) is 9.97 Å². The molecule has 2 rings (SSSR count). The van der Waals surface area contributed by atoms with Crippen molar-refractivity contribution in [2.45, 2.75) is 12.8 Å². The molecule has 17 heavy (non-hydrogen) atoms. The van der Waals surface area contributed by atoms with Crippen LogP contribution in [-0.4, -0.2) is 36.8 Å². The number of nitrogens with one attached hydrogen (secondary N) is 1. The summed E-state index contributed by atoms with van der Waals surface area (Å²) >= 11 is 0. The Bertz CT molecular complexity index is 353. The number of nitrogen functional groups attached to an aromatic ring is 1. The van der Waals surface area contributed by atoms with Gasteiger partial charge in [0.05, 0.1) is 19.0 Å². The van der Waals surface area contributed by atoms with Gasteiger partial charge in [-0.05, 0) is 18.8 Å². The highest BCUT2D eigenvalue weighted by Gasteiger charge is 2.16. The van der Waals surface area contributed by atoms with Crippen LogP contribution in [0.15, 0.2) is 12.4 Å². The molecule has 0 aromatic carbocycles. The zero-order valence-corrected chi connectivity index (χ0v) is 10.1. The molecule has 0 radical (unpaired) electrons. The SMILES string of the molecule is CN(CC1CCCOC1)c1cncc(NN)n1. The molecule has 2 heterocycles. The number of rotatable bonds is 4. The van der Waals surface area contributed by atoms with E-state index in [-0.39, 0.29) is 0 Å². The molecule has 0 spiro atoms. The molecule has 6 nitrogen and oxygen atoms in total. The number of hydrogen-bond acceptors (Lipinski definition) is 6. The van der Waals surface area contributed by atoms with E-state index >= 15 is 0 Å². The summed E-state index contributed by atoms with van der Waals surface area (Å²) in [6, 6.07) is 0. The predicted molar refractivity (Wildman–Crippen MR) is 66.7 cm³/mol. The minimum absolute atomic E-state index is 0.574. The number of nitrogens with two attached hydrogens (primary N) is 1. The first kappa shape index (κ1) is 12.1. The molecule has 94 valence electrons. The summed E-state index contributed by atoms with van der Waals surface area (Å²) in [5.41, 5.74) is 2.50. The number of hydrazine groups is 1. The van der Waals surface area contributed by atoms with Crippen molar-refractivity contribution in [3.63, 3.8) is 0 Å². The van der Waals surface area contributed by atoms with Crippen molar-refractivity contribution in [3.05, 3.63) is 12.4 Å². The first-order valence-corrected chi connectivity index (χ1v) is 5.87. The molecule has 1 aliphatic rings. The van der Waals surface area contributed by atoms with Crippen molar-refractivity contribution >= 4 is 11.6 Å². The highest BCUT2D eigenvalue weighted by atomic mass is 16.5. The molecule has 1 fully saturated rings. The van der Waals surface area contributed by atoms with Crippen molar-refractivity contribution in [3.8, 4) is 0 Å². The highest BCUT2D eigenvalue weighted by molar-refractivity contribution is 5.42. The number of ether oxygens (including phenoxy) is 1. The van der Waals surface area contributed by atoms with Crippen molar-refractivity contribution in [1.29, 1.82) is 0 Å². The van der Waals surface area contributed by atoms with Crippen LogP contribution in [0.4, 0.5) is 11.6 Å². The second-order valence-corrected chi connectivity index (χ2v) is 4.37. The summed E-state index contributed by atoms with van der Waals surface area (Å²) < 4.78 is 5.47. The molecule has 1 aliphatic heterocycles. The minimum Gasteiger partial charge on any atom is -0.381 e. The van der Waals surface area contributed by atoms with Crippen LogP contribution in [0.3, 0.4) is 0 Å². The van der Waals surface area contributed by atoms with Crippen LogP contribution >= 0.6 is 0 Å². The summed E-state index contributed by atoms with van der Waals surface area (Å²) in [7, 11) is 2.01. The monoisotopic (exact) mass is 237 g/mol. The fraction of sp³-hybridized carbons (Fsp3) is 0.636. The van der Waals surface area contributed by atoms with Crippen LogP contribution < -0.4 is 16.2 Å². The van der Waals surface area contributed by atoms with Gasteiger partial charge in [0.1, 0.15) is 5.82 Å². The zero-order valence-electron chi connectivity index (χ0n) is 10.1. The Morgan fingerprint density at radius 1 is 1.59 bits per heavy atom. The third-order valence-electron chi connectivity index (χ3n) is 2.95. The molecule has 1 saturated heterocycles. The molecular formula is C11H19N5O. The van der Waals surface area contributed by atoms with Crippen LogP contribution in [0.25, 0.3) is 0 Å². The Morgan fingerprint density at radius 3 is 3.18 bits per heavy atom. The maximum absolute atomic E-state index is 5.47. The molecular weight excluding hydrogens is 218 g/mol. The van der Waals surface area contributed by atoms with E-state index in [0.29, 0.717) is 11.7 Å². The molecule has 0 aliphatic carbocycles. The van der Waals surface area contributed by atoms with Crippen LogP contribution in [-0.2, 0) is 4.74 Å². The van der Waals surface area contributed by atoms with Crippen molar-refractivity contribution < 1.29 is 4.74 Å². The molecule has 1 aromatic rings. The Labute approximate surface area is 101 Å². The average Bonchev–Trinajstić information content (AvgIpc) is 2.40. The summed E-state index contributed by atoms with van der Waals surface area (Å²) in [6.45, 7) is 2.67. The van der Waals surface area contributed by atoms with Gasteiger partial charge in [0.15, 0.2) is 5.82 Å². The number of anilines is 2. The number of hydrogen-bond donors (Lipinski definition) is 2. The van der Waals surface area contributed by atoms with Gasteiger partial charge in [-0.3, -0.25) is 4.98 Å². The van der Waals surface area contributed by atoms with E-state index < -0.39 is 0 Å². The minimum atomic E-state index is 0.574. The first-order chi connectivity index (χ1) is 8.29. The van der Waals surface area contributed by atoms with Crippen LogP contribution in [0, 0.1) is 5.92 Å². The summed E-state index contributed by atoms with van der Waals surface area (Å²) in [5, 5.41) is 0.